The van der Waals surface area contributed by atoms with Crippen LogP contribution < -0.4 is 10.1 Å². The first-order valence-electron chi connectivity index (χ1n) is 6.53. The summed E-state index contributed by atoms with van der Waals surface area (Å²) in [6.45, 7) is 0. The molecule has 1 N–H and O–H groups in total. The SMILES string of the molecule is COc1ccc(Cl)cc1NC(=O)c1cccc2nccnc12. The van der Waals surface area contributed by atoms with Crippen molar-refractivity contribution in [1.82, 2.24) is 9.97 Å². The highest BCUT2D eigenvalue weighted by Gasteiger charge is 2.14. The Hall–Kier alpha value is -2.66. The zero-order valence-electron chi connectivity index (χ0n) is 11.7. The number of para-hydroxylation sites is 1. The van der Waals surface area contributed by atoms with Crippen LogP contribution in [-0.4, -0.2) is 23.0 Å². The molecule has 0 bridgehead atoms. The molecule has 0 fully saturated rings. The summed E-state index contributed by atoms with van der Waals surface area (Å²) in [5, 5.41) is 3.30. The molecule has 0 aliphatic heterocycles. The molecule has 2 aromatic carbocycles. The van der Waals surface area contributed by atoms with Crippen molar-refractivity contribution in [2.45, 2.75) is 0 Å². The number of fused-ring (bicyclic) bond motifs is 1. The van der Waals surface area contributed by atoms with E-state index in [-0.39, 0.29) is 5.91 Å². The Morgan fingerprint density at radius 3 is 2.82 bits per heavy atom. The van der Waals surface area contributed by atoms with Crippen LogP contribution >= 0.6 is 11.6 Å². The molecule has 0 aliphatic carbocycles. The normalized spacial score (nSPS) is 10.5. The number of anilines is 1. The molecule has 0 unspecified atom stereocenters. The molecule has 6 heteroatoms. The van der Waals surface area contributed by atoms with E-state index in [1.54, 1.807) is 48.8 Å². The molecule has 0 saturated carbocycles. The number of benzene rings is 2. The van der Waals surface area contributed by atoms with Crippen LogP contribution in [0.15, 0.2) is 48.8 Å². The van der Waals surface area contributed by atoms with E-state index in [0.717, 1.165) is 0 Å². The van der Waals surface area contributed by atoms with Crippen molar-refractivity contribution in [2.75, 3.05) is 12.4 Å². The van der Waals surface area contributed by atoms with Crippen LogP contribution in [0.2, 0.25) is 5.02 Å². The topological polar surface area (TPSA) is 64.1 Å². The monoisotopic (exact) mass is 313 g/mol. The largest absolute Gasteiger partial charge is 0.495 e. The molecule has 0 radical (unpaired) electrons. The van der Waals surface area contributed by atoms with Crippen LogP contribution in [0, 0.1) is 0 Å². The molecule has 1 amide bonds. The number of carbonyl (C=O) groups excluding carboxylic acids is 1. The van der Waals surface area contributed by atoms with E-state index in [9.17, 15) is 4.79 Å². The third kappa shape index (κ3) is 2.71. The second-order valence-corrected chi connectivity index (χ2v) is 4.96. The van der Waals surface area contributed by atoms with Crippen molar-refractivity contribution in [1.29, 1.82) is 0 Å². The molecular weight excluding hydrogens is 302 g/mol. The van der Waals surface area contributed by atoms with Gasteiger partial charge in [-0.3, -0.25) is 14.8 Å². The fourth-order valence-electron chi connectivity index (χ4n) is 2.14. The summed E-state index contributed by atoms with van der Waals surface area (Å²) in [7, 11) is 1.53. The van der Waals surface area contributed by atoms with Crippen LogP contribution in [0.25, 0.3) is 11.0 Å². The van der Waals surface area contributed by atoms with Crippen LogP contribution in [0.3, 0.4) is 0 Å². The van der Waals surface area contributed by atoms with Gasteiger partial charge in [0.05, 0.1) is 23.9 Å². The number of hydrogen-bond acceptors (Lipinski definition) is 4. The lowest BCUT2D eigenvalue weighted by atomic mass is 10.1. The number of hydrogen-bond donors (Lipinski definition) is 1. The Morgan fingerprint density at radius 2 is 2.00 bits per heavy atom. The van der Waals surface area contributed by atoms with Crippen molar-refractivity contribution < 1.29 is 9.53 Å². The van der Waals surface area contributed by atoms with E-state index in [1.807, 2.05) is 0 Å². The minimum Gasteiger partial charge on any atom is -0.495 e. The highest BCUT2D eigenvalue weighted by molar-refractivity contribution is 6.31. The molecular formula is C16H12ClN3O2. The van der Waals surface area contributed by atoms with Gasteiger partial charge in [-0.15, -0.1) is 0 Å². The number of halogens is 1. The first-order valence-corrected chi connectivity index (χ1v) is 6.91. The number of ether oxygens (including phenoxy) is 1. The summed E-state index contributed by atoms with van der Waals surface area (Å²) in [6.07, 6.45) is 3.14. The summed E-state index contributed by atoms with van der Waals surface area (Å²) in [5.41, 5.74) is 2.14. The van der Waals surface area contributed by atoms with Crippen LogP contribution in [-0.2, 0) is 0 Å². The van der Waals surface area contributed by atoms with Gasteiger partial charge in [0.2, 0.25) is 0 Å². The Balaban J connectivity index is 1.99. The molecule has 1 heterocycles. The van der Waals surface area contributed by atoms with Crippen LogP contribution in [0.4, 0.5) is 5.69 Å². The molecule has 1 aromatic heterocycles. The van der Waals surface area contributed by atoms with Gasteiger partial charge in [0.25, 0.3) is 5.91 Å². The fourth-order valence-corrected chi connectivity index (χ4v) is 2.32. The first-order chi connectivity index (χ1) is 10.7. The lowest BCUT2D eigenvalue weighted by molar-refractivity contribution is 0.102. The van der Waals surface area contributed by atoms with Gasteiger partial charge in [0.1, 0.15) is 11.3 Å². The average Bonchev–Trinajstić information content (AvgIpc) is 2.54. The van der Waals surface area contributed by atoms with Gasteiger partial charge in [-0.1, -0.05) is 17.7 Å². The van der Waals surface area contributed by atoms with Gasteiger partial charge in [-0.2, -0.15) is 0 Å². The maximum atomic E-state index is 12.5. The van der Waals surface area contributed by atoms with Gasteiger partial charge in [0.15, 0.2) is 0 Å². The molecule has 0 saturated heterocycles. The Morgan fingerprint density at radius 1 is 1.18 bits per heavy atom. The number of rotatable bonds is 3. The van der Waals surface area contributed by atoms with E-state index in [1.165, 1.54) is 7.11 Å². The van der Waals surface area contributed by atoms with Crippen molar-refractivity contribution >= 4 is 34.2 Å². The summed E-state index contributed by atoms with van der Waals surface area (Å²) in [6, 6.07) is 10.3. The predicted octanol–water partition coefficient (Wildman–Crippen LogP) is 3.54. The van der Waals surface area contributed by atoms with E-state index < -0.39 is 0 Å². The smallest absolute Gasteiger partial charge is 0.258 e. The summed E-state index contributed by atoms with van der Waals surface area (Å²) >= 11 is 5.97. The quantitative estimate of drug-likeness (QED) is 0.803. The van der Waals surface area contributed by atoms with Crippen molar-refractivity contribution in [3.63, 3.8) is 0 Å². The lowest BCUT2D eigenvalue weighted by Crippen LogP contribution is -2.13. The summed E-state index contributed by atoms with van der Waals surface area (Å²) in [4.78, 5) is 20.9. The van der Waals surface area contributed by atoms with E-state index in [0.29, 0.717) is 33.1 Å². The molecule has 3 rings (SSSR count). The maximum Gasteiger partial charge on any atom is 0.258 e. The lowest BCUT2D eigenvalue weighted by Gasteiger charge is -2.11. The second-order valence-electron chi connectivity index (χ2n) is 4.53. The van der Waals surface area contributed by atoms with Crippen molar-refractivity contribution in [2.24, 2.45) is 0 Å². The summed E-state index contributed by atoms with van der Waals surface area (Å²) < 4.78 is 5.22. The van der Waals surface area contributed by atoms with Gasteiger partial charge < -0.3 is 10.1 Å². The zero-order valence-corrected chi connectivity index (χ0v) is 12.5. The van der Waals surface area contributed by atoms with Gasteiger partial charge in [-0.25, -0.2) is 0 Å². The fraction of sp³-hybridized carbons (Fsp3) is 0.0625. The Labute approximate surface area is 131 Å². The first kappa shape index (κ1) is 14.3. The van der Waals surface area contributed by atoms with Crippen LogP contribution in [0.1, 0.15) is 10.4 Å². The number of methoxy groups -OCH3 is 1. The molecule has 0 spiro atoms. The van der Waals surface area contributed by atoms with Crippen molar-refractivity contribution in [3.05, 3.63) is 59.4 Å². The molecule has 0 aliphatic rings. The van der Waals surface area contributed by atoms with E-state index in [4.69, 9.17) is 16.3 Å². The zero-order chi connectivity index (χ0) is 15.5. The highest BCUT2D eigenvalue weighted by Crippen LogP contribution is 2.28. The molecule has 22 heavy (non-hydrogen) atoms. The van der Waals surface area contributed by atoms with Gasteiger partial charge >= 0.3 is 0 Å². The molecule has 0 atom stereocenters. The minimum atomic E-state index is -0.299. The second kappa shape index (κ2) is 5.99. The number of amides is 1. The number of nitrogens with zero attached hydrogens (tertiary/aromatic N) is 2. The third-order valence-corrected chi connectivity index (χ3v) is 3.39. The van der Waals surface area contributed by atoms with Gasteiger partial charge in [0, 0.05) is 17.4 Å². The number of aromatic nitrogens is 2. The van der Waals surface area contributed by atoms with Crippen LogP contribution in [0.5, 0.6) is 5.75 Å². The molecule has 110 valence electrons. The number of nitrogens with one attached hydrogen (secondary N) is 1. The predicted molar refractivity (Wildman–Crippen MR) is 85.5 cm³/mol. The van der Waals surface area contributed by atoms with E-state index >= 15 is 0 Å². The highest BCUT2D eigenvalue weighted by atomic mass is 35.5. The third-order valence-electron chi connectivity index (χ3n) is 3.15. The maximum absolute atomic E-state index is 12.5. The Kier molecular flexibility index (Phi) is 3.89. The van der Waals surface area contributed by atoms with Gasteiger partial charge in [-0.05, 0) is 30.3 Å². The number of carbonyl (C=O) groups is 1. The average molecular weight is 314 g/mol. The molecule has 5 nitrogen and oxygen atoms in total. The van der Waals surface area contributed by atoms with Crippen molar-refractivity contribution in [3.8, 4) is 5.75 Å². The Bertz CT molecular complexity index is 846. The molecule has 3 aromatic rings. The van der Waals surface area contributed by atoms with E-state index in [2.05, 4.69) is 15.3 Å². The minimum absolute atomic E-state index is 0.299. The standard InChI is InChI=1S/C16H12ClN3O2/c1-22-14-6-5-10(17)9-13(14)20-16(21)11-3-2-4-12-15(11)19-8-7-18-12/h2-9H,1H3,(H,20,21). The summed E-state index contributed by atoms with van der Waals surface area (Å²) in [5.74, 6) is 0.232.